The number of fused-ring (bicyclic) bond motifs is 4. The number of nitrogens with zero attached hydrogens (tertiary/aromatic N) is 2. The number of hydrogen-bond donors (Lipinski definition) is 0. The lowest BCUT2D eigenvalue weighted by Gasteiger charge is -2.46. The lowest BCUT2D eigenvalue weighted by atomic mass is 9.33. The van der Waals surface area contributed by atoms with E-state index in [1.807, 2.05) is 0 Å². The van der Waals surface area contributed by atoms with Gasteiger partial charge in [0.05, 0.1) is 11.4 Å². The van der Waals surface area contributed by atoms with Gasteiger partial charge in [-0.2, -0.15) is 0 Å². The second-order valence-electron chi connectivity index (χ2n) is 24.3. The summed E-state index contributed by atoms with van der Waals surface area (Å²) in [4.78, 5) is 5.27. The van der Waals surface area contributed by atoms with E-state index in [1.54, 1.807) is 0 Å². The number of anilines is 6. The van der Waals surface area contributed by atoms with Crippen molar-refractivity contribution in [2.75, 3.05) is 9.80 Å². The molecule has 0 radical (unpaired) electrons. The van der Waals surface area contributed by atoms with Crippen LogP contribution in [-0.2, 0) is 0 Å². The molecule has 0 aromatic heterocycles. The zero-order chi connectivity index (χ0) is 61.6. The highest BCUT2D eigenvalue weighted by molar-refractivity contribution is 7.00. The Morgan fingerprint density at radius 2 is 0.387 bits per heavy atom. The minimum Gasteiger partial charge on any atom is -0.310 e. The van der Waals surface area contributed by atoms with Crippen molar-refractivity contribution in [3.63, 3.8) is 0 Å². The Morgan fingerprint density at radius 1 is 0.161 bits per heavy atom. The maximum Gasteiger partial charge on any atom is 0.252 e. The van der Waals surface area contributed by atoms with Gasteiger partial charge < -0.3 is 9.80 Å². The lowest BCUT2D eigenvalue weighted by molar-refractivity contribution is 1.25. The average molecular weight is 1180 g/mol. The maximum absolute atomic E-state index is 2.63. The molecule has 2 aliphatic heterocycles. The second-order valence-corrected chi connectivity index (χ2v) is 24.3. The SMILES string of the molecule is c1ccc(-c2ccc(-c3cc(-c4ccccc4)c(N4c5ccc(-c6ccccc6)cc5B5c6cc(-c7ccccc7)ccc6N(c6c(-c7ccccc7)cc(-c7ccc(-c8ccccc8)cc7)cc6-c6ccccc6)c6cccc4c65)c(-c4ccccc4)c3)cc2)cc1. The molecule has 2 heterocycles. The molecule has 0 unspecified atom stereocenters. The van der Waals surface area contributed by atoms with Gasteiger partial charge in [0.15, 0.2) is 0 Å². The highest BCUT2D eigenvalue weighted by Gasteiger charge is 2.45. The minimum atomic E-state index is -0.188. The molecule has 15 aromatic rings. The van der Waals surface area contributed by atoms with Crippen molar-refractivity contribution in [1.29, 1.82) is 0 Å². The van der Waals surface area contributed by atoms with Crippen LogP contribution in [0.2, 0.25) is 0 Å². The van der Waals surface area contributed by atoms with Crippen molar-refractivity contribution in [1.82, 2.24) is 0 Å². The van der Waals surface area contributed by atoms with E-state index in [9.17, 15) is 0 Å². The van der Waals surface area contributed by atoms with Crippen LogP contribution in [0.25, 0.3) is 111 Å². The number of hydrogen-bond acceptors (Lipinski definition) is 2. The Morgan fingerprint density at radius 3 is 0.667 bits per heavy atom. The Bertz CT molecular complexity index is 4750. The fraction of sp³-hybridized carbons (Fsp3) is 0. The summed E-state index contributed by atoms with van der Waals surface area (Å²) in [5, 5.41) is 0. The van der Waals surface area contributed by atoms with E-state index in [1.165, 1.54) is 60.9 Å². The fourth-order valence-corrected chi connectivity index (χ4v) is 14.5. The van der Waals surface area contributed by atoms with Gasteiger partial charge in [0.2, 0.25) is 0 Å². The van der Waals surface area contributed by atoms with Crippen LogP contribution in [-0.4, -0.2) is 6.71 Å². The van der Waals surface area contributed by atoms with Crippen LogP contribution in [0.4, 0.5) is 34.1 Å². The predicted octanol–water partition coefficient (Wildman–Crippen LogP) is 22.4. The van der Waals surface area contributed by atoms with E-state index in [0.29, 0.717) is 0 Å². The molecule has 0 saturated carbocycles. The van der Waals surface area contributed by atoms with Crippen LogP contribution in [0.15, 0.2) is 370 Å². The molecule has 0 N–H and O–H groups in total. The van der Waals surface area contributed by atoms with Gasteiger partial charge in [-0.1, -0.05) is 322 Å². The summed E-state index contributed by atoms with van der Waals surface area (Å²) in [6.07, 6.45) is 0. The number of benzene rings is 15. The Balaban J connectivity index is 0.970. The van der Waals surface area contributed by atoms with Crippen molar-refractivity contribution in [2.45, 2.75) is 0 Å². The van der Waals surface area contributed by atoms with Crippen molar-refractivity contribution in [3.8, 4) is 111 Å². The first-order valence-electron chi connectivity index (χ1n) is 32.2. The van der Waals surface area contributed by atoms with Crippen LogP contribution in [0.3, 0.4) is 0 Å². The maximum atomic E-state index is 2.63. The van der Waals surface area contributed by atoms with Gasteiger partial charge in [-0.15, -0.1) is 0 Å². The smallest absolute Gasteiger partial charge is 0.252 e. The lowest BCUT2D eigenvalue weighted by Crippen LogP contribution is -2.61. The third-order valence-electron chi connectivity index (χ3n) is 18.9. The van der Waals surface area contributed by atoms with Crippen LogP contribution in [0, 0.1) is 0 Å². The Hall–Kier alpha value is -12.0. The molecular weight excluding hydrogens is 1120 g/mol. The molecule has 0 spiro atoms. The fourth-order valence-electron chi connectivity index (χ4n) is 14.5. The first-order chi connectivity index (χ1) is 46.1. The summed E-state index contributed by atoms with van der Waals surface area (Å²) in [5.41, 5.74) is 33.6. The molecular formula is C90H61BN2. The molecule has 2 nitrogen and oxygen atoms in total. The van der Waals surface area contributed by atoms with Gasteiger partial charge in [0.25, 0.3) is 6.71 Å². The van der Waals surface area contributed by atoms with Gasteiger partial charge in [0, 0.05) is 45.0 Å². The number of rotatable bonds is 12. The summed E-state index contributed by atoms with van der Waals surface area (Å²) < 4.78 is 0. The second kappa shape index (κ2) is 23.7. The summed E-state index contributed by atoms with van der Waals surface area (Å²) >= 11 is 0. The van der Waals surface area contributed by atoms with Crippen LogP contribution >= 0.6 is 0 Å². The van der Waals surface area contributed by atoms with E-state index in [0.717, 1.165) is 101 Å². The first kappa shape index (κ1) is 55.1. The molecule has 0 atom stereocenters. The average Bonchev–Trinajstić information content (AvgIpc) is 0.696. The van der Waals surface area contributed by atoms with Crippen LogP contribution in [0.5, 0.6) is 0 Å². The largest absolute Gasteiger partial charge is 0.310 e. The van der Waals surface area contributed by atoms with Crippen LogP contribution < -0.4 is 26.2 Å². The van der Waals surface area contributed by atoms with Gasteiger partial charge in [0.1, 0.15) is 0 Å². The molecule has 93 heavy (non-hydrogen) atoms. The zero-order valence-electron chi connectivity index (χ0n) is 51.2. The van der Waals surface area contributed by atoms with E-state index >= 15 is 0 Å². The van der Waals surface area contributed by atoms with Gasteiger partial charge in [-0.3, -0.25) is 0 Å². The van der Waals surface area contributed by atoms with Crippen molar-refractivity contribution in [2.24, 2.45) is 0 Å². The molecule has 0 amide bonds. The summed E-state index contributed by atoms with van der Waals surface area (Å²) in [6.45, 7) is -0.188. The highest BCUT2D eigenvalue weighted by atomic mass is 15.2. The minimum absolute atomic E-state index is 0.188. The first-order valence-corrected chi connectivity index (χ1v) is 32.2. The summed E-state index contributed by atoms with van der Waals surface area (Å²) in [5.74, 6) is 0. The summed E-state index contributed by atoms with van der Waals surface area (Å²) in [6, 6.07) is 137. The quantitative estimate of drug-likeness (QED) is 0.113. The van der Waals surface area contributed by atoms with Crippen LogP contribution in [0.1, 0.15) is 0 Å². The Labute approximate surface area is 545 Å². The van der Waals surface area contributed by atoms with E-state index in [2.05, 4.69) is 380 Å². The standard InChI is InChI=1S/C90H61BN2/c1-9-26-62(27-10-1)66-44-48-68(49-45-66)76-56-78(70-34-17-5-18-35-70)89(79(57-76)71-36-19-6-20-37-71)92-84-54-52-74(64-30-13-3-14-31-64)60-82(84)91-83-61-75(65-32-15-4-16-33-65)53-55-85(83)93(87-43-25-42-86(92)88(87)91)90-80(72-38-21-7-22-39-72)58-77(59-81(90)73-40-23-8-24-41-73)69-50-46-67(47-51-69)63-28-11-2-12-29-63/h1-61H. The molecule has 15 aromatic carbocycles. The van der Waals surface area contributed by atoms with Gasteiger partial charge >= 0.3 is 0 Å². The predicted molar refractivity (Wildman–Crippen MR) is 395 cm³/mol. The summed E-state index contributed by atoms with van der Waals surface area (Å²) in [7, 11) is 0. The molecule has 0 bridgehead atoms. The molecule has 0 saturated heterocycles. The normalized spacial score (nSPS) is 12.0. The molecule has 2 aliphatic rings. The van der Waals surface area contributed by atoms with Crippen molar-refractivity contribution >= 4 is 57.2 Å². The van der Waals surface area contributed by atoms with E-state index < -0.39 is 0 Å². The monoisotopic (exact) mass is 1180 g/mol. The molecule has 434 valence electrons. The third kappa shape index (κ3) is 10.0. The molecule has 17 rings (SSSR count). The molecule has 0 fully saturated rings. The molecule has 0 aliphatic carbocycles. The van der Waals surface area contributed by atoms with Crippen molar-refractivity contribution < 1.29 is 0 Å². The van der Waals surface area contributed by atoms with E-state index in [-0.39, 0.29) is 6.71 Å². The topological polar surface area (TPSA) is 6.48 Å². The highest BCUT2D eigenvalue weighted by Crippen LogP contribution is 2.54. The van der Waals surface area contributed by atoms with Crippen molar-refractivity contribution in [3.05, 3.63) is 370 Å². The van der Waals surface area contributed by atoms with E-state index in [4.69, 9.17) is 0 Å². The third-order valence-corrected chi connectivity index (χ3v) is 18.9. The van der Waals surface area contributed by atoms with Gasteiger partial charge in [-0.25, -0.2) is 0 Å². The van der Waals surface area contributed by atoms with Gasteiger partial charge in [-0.05, 0) is 154 Å². The zero-order valence-corrected chi connectivity index (χ0v) is 51.2. The molecule has 3 heteroatoms. The Kier molecular flexibility index (Phi) is 14.0.